The molecule has 0 aliphatic carbocycles. The van der Waals surface area contributed by atoms with E-state index >= 15 is 0 Å². The molecule has 1 fully saturated rings. The van der Waals surface area contributed by atoms with Crippen molar-refractivity contribution >= 4 is 11.9 Å². The Bertz CT molecular complexity index is 1080. The van der Waals surface area contributed by atoms with E-state index < -0.39 is 17.2 Å². The maximum atomic E-state index is 13.5. The number of rotatable bonds is 7. The molecule has 0 spiro atoms. The first-order chi connectivity index (χ1) is 15.8. The van der Waals surface area contributed by atoms with E-state index in [1.807, 2.05) is 0 Å². The Morgan fingerprint density at radius 1 is 1.27 bits per heavy atom. The number of hydrogen-bond donors (Lipinski definition) is 1. The summed E-state index contributed by atoms with van der Waals surface area (Å²) in [6.07, 6.45) is 4.11. The summed E-state index contributed by atoms with van der Waals surface area (Å²) in [7, 11) is 0. The SMILES string of the molecule is C=C/C(F)=C\C=C(/N)C1(C(=O)OCC)CCN(C(=O)c2ccc(-c3nc(C)no3)cc2)CC1. The van der Waals surface area contributed by atoms with Crippen molar-refractivity contribution in [1.82, 2.24) is 15.0 Å². The van der Waals surface area contributed by atoms with Crippen molar-refractivity contribution in [2.24, 2.45) is 11.1 Å². The van der Waals surface area contributed by atoms with E-state index in [0.717, 1.165) is 12.2 Å². The second kappa shape index (κ2) is 10.2. The number of nitrogens with zero attached hydrogens (tertiary/aromatic N) is 3. The van der Waals surface area contributed by atoms with Crippen LogP contribution in [0, 0.1) is 12.3 Å². The highest BCUT2D eigenvalue weighted by Crippen LogP contribution is 2.38. The maximum Gasteiger partial charge on any atom is 0.318 e. The number of carbonyl (C=O) groups excluding carboxylic acids is 2. The second-order valence-corrected chi connectivity index (χ2v) is 7.70. The average Bonchev–Trinajstić information content (AvgIpc) is 3.28. The van der Waals surface area contributed by atoms with Gasteiger partial charge in [0.2, 0.25) is 0 Å². The maximum absolute atomic E-state index is 13.5. The molecule has 174 valence electrons. The first kappa shape index (κ1) is 23.9. The van der Waals surface area contributed by atoms with E-state index in [0.29, 0.717) is 35.9 Å². The van der Waals surface area contributed by atoms with Gasteiger partial charge in [-0.3, -0.25) is 9.59 Å². The van der Waals surface area contributed by atoms with Crippen molar-refractivity contribution in [3.05, 3.63) is 72.0 Å². The highest BCUT2D eigenvalue weighted by Gasteiger charge is 2.45. The summed E-state index contributed by atoms with van der Waals surface area (Å²) in [4.78, 5) is 31.7. The molecular formula is C24H27FN4O4. The molecule has 33 heavy (non-hydrogen) atoms. The van der Waals surface area contributed by atoms with Gasteiger partial charge in [-0.1, -0.05) is 11.7 Å². The normalized spacial score (nSPS) is 16.4. The number of benzene rings is 1. The van der Waals surface area contributed by atoms with Crippen LogP contribution in [0.25, 0.3) is 11.5 Å². The van der Waals surface area contributed by atoms with Gasteiger partial charge in [-0.05, 0) is 69.2 Å². The predicted molar refractivity (Wildman–Crippen MR) is 120 cm³/mol. The van der Waals surface area contributed by atoms with Gasteiger partial charge in [-0.15, -0.1) is 0 Å². The molecule has 1 aliphatic heterocycles. The number of hydrogen-bond acceptors (Lipinski definition) is 7. The molecule has 2 N–H and O–H groups in total. The van der Waals surface area contributed by atoms with Crippen LogP contribution in [0.5, 0.6) is 0 Å². The fraction of sp³-hybridized carbons (Fsp3) is 0.333. The monoisotopic (exact) mass is 454 g/mol. The summed E-state index contributed by atoms with van der Waals surface area (Å²) < 4.78 is 23.9. The number of halogens is 1. The Labute approximate surface area is 191 Å². The zero-order valence-corrected chi connectivity index (χ0v) is 18.7. The lowest BCUT2D eigenvalue weighted by Crippen LogP contribution is -2.49. The number of aryl methyl sites for hydroxylation is 1. The first-order valence-corrected chi connectivity index (χ1v) is 10.6. The van der Waals surface area contributed by atoms with Gasteiger partial charge in [-0.25, -0.2) is 4.39 Å². The van der Waals surface area contributed by atoms with Gasteiger partial charge in [-0.2, -0.15) is 4.98 Å². The van der Waals surface area contributed by atoms with E-state index in [1.54, 1.807) is 43.0 Å². The number of carbonyl (C=O) groups is 2. The molecule has 1 aromatic carbocycles. The number of amides is 1. The van der Waals surface area contributed by atoms with Gasteiger partial charge in [0, 0.05) is 29.9 Å². The standard InChI is InChI=1S/C24H27FN4O4/c1-4-19(25)10-11-20(26)24(23(31)32-5-2)12-14-29(15-13-24)22(30)18-8-6-17(7-9-18)21-27-16(3)28-33-21/h4,6-11H,1,5,12-15,26H2,2-3H3/b19-10+,20-11-. The summed E-state index contributed by atoms with van der Waals surface area (Å²) >= 11 is 0. The van der Waals surface area contributed by atoms with Crippen LogP contribution in [0.1, 0.15) is 35.9 Å². The van der Waals surface area contributed by atoms with Crippen LogP contribution in [0.4, 0.5) is 4.39 Å². The average molecular weight is 455 g/mol. The first-order valence-electron chi connectivity index (χ1n) is 10.6. The highest BCUT2D eigenvalue weighted by molar-refractivity contribution is 5.95. The summed E-state index contributed by atoms with van der Waals surface area (Å²) in [5.41, 5.74) is 6.50. The van der Waals surface area contributed by atoms with Crippen molar-refractivity contribution in [1.29, 1.82) is 0 Å². The molecule has 0 bridgehead atoms. The third kappa shape index (κ3) is 5.19. The fourth-order valence-electron chi connectivity index (χ4n) is 3.72. The molecule has 8 nitrogen and oxygen atoms in total. The predicted octanol–water partition coefficient (Wildman–Crippen LogP) is 3.71. The van der Waals surface area contributed by atoms with Crippen LogP contribution in [0.15, 0.2) is 65.1 Å². The van der Waals surface area contributed by atoms with E-state index in [1.165, 1.54) is 6.08 Å². The zero-order valence-electron chi connectivity index (χ0n) is 18.7. The quantitative estimate of drug-likeness (QED) is 0.501. The third-order valence-electron chi connectivity index (χ3n) is 5.65. The molecule has 1 amide bonds. The molecule has 0 radical (unpaired) electrons. The van der Waals surface area contributed by atoms with Crippen molar-refractivity contribution in [3.8, 4) is 11.5 Å². The van der Waals surface area contributed by atoms with Crippen molar-refractivity contribution in [2.45, 2.75) is 26.7 Å². The molecule has 0 saturated carbocycles. The Morgan fingerprint density at radius 3 is 2.48 bits per heavy atom. The Hall–Kier alpha value is -3.75. The molecular weight excluding hydrogens is 427 g/mol. The lowest BCUT2D eigenvalue weighted by atomic mass is 9.75. The Kier molecular flexibility index (Phi) is 7.42. The molecule has 3 rings (SSSR count). The summed E-state index contributed by atoms with van der Waals surface area (Å²) in [6.45, 7) is 7.58. The molecule has 2 heterocycles. The molecule has 2 aromatic rings. The van der Waals surface area contributed by atoms with Crippen LogP contribution in [-0.2, 0) is 9.53 Å². The zero-order chi connectivity index (χ0) is 24.0. The number of ether oxygens (including phenoxy) is 1. The Morgan fingerprint density at radius 2 is 1.94 bits per heavy atom. The molecule has 1 aromatic heterocycles. The summed E-state index contributed by atoms with van der Waals surface area (Å²) in [5.74, 6) is -0.297. The summed E-state index contributed by atoms with van der Waals surface area (Å²) in [6, 6.07) is 6.88. The number of likely N-dealkylation sites (tertiary alicyclic amines) is 1. The molecule has 0 unspecified atom stereocenters. The Balaban J connectivity index is 1.75. The number of nitrogens with two attached hydrogens (primary N) is 1. The second-order valence-electron chi connectivity index (χ2n) is 7.70. The van der Waals surface area contributed by atoms with Gasteiger partial charge >= 0.3 is 5.97 Å². The number of esters is 1. The number of allylic oxidation sites excluding steroid dienone is 4. The van der Waals surface area contributed by atoms with Gasteiger partial charge in [0.05, 0.1) is 6.61 Å². The lowest BCUT2D eigenvalue weighted by Gasteiger charge is -2.40. The number of piperidine rings is 1. The van der Waals surface area contributed by atoms with Crippen molar-refractivity contribution < 1.29 is 23.2 Å². The molecule has 0 atom stereocenters. The lowest BCUT2D eigenvalue weighted by molar-refractivity contribution is -0.155. The van der Waals surface area contributed by atoms with Crippen LogP contribution < -0.4 is 5.73 Å². The highest BCUT2D eigenvalue weighted by atomic mass is 19.1. The van der Waals surface area contributed by atoms with Crippen LogP contribution in [0.2, 0.25) is 0 Å². The van der Waals surface area contributed by atoms with Gasteiger partial charge in [0.25, 0.3) is 11.8 Å². The third-order valence-corrected chi connectivity index (χ3v) is 5.65. The van der Waals surface area contributed by atoms with E-state index in [2.05, 4.69) is 16.7 Å². The topological polar surface area (TPSA) is 112 Å². The van der Waals surface area contributed by atoms with Crippen molar-refractivity contribution in [3.63, 3.8) is 0 Å². The smallest absolute Gasteiger partial charge is 0.318 e. The van der Waals surface area contributed by atoms with Crippen molar-refractivity contribution in [2.75, 3.05) is 19.7 Å². The molecule has 1 saturated heterocycles. The van der Waals surface area contributed by atoms with E-state index in [9.17, 15) is 14.0 Å². The summed E-state index contributed by atoms with van der Waals surface area (Å²) in [5, 5.41) is 3.76. The van der Waals surface area contributed by atoms with Gasteiger partial charge in [0.1, 0.15) is 11.2 Å². The minimum absolute atomic E-state index is 0.166. The van der Waals surface area contributed by atoms with Crippen LogP contribution >= 0.6 is 0 Å². The minimum Gasteiger partial charge on any atom is -0.465 e. The number of aromatic nitrogens is 2. The van der Waals surface area contributed by atoms with E-state index in [4.69, 9.17) is 15.0 Å². The van der Waals surface area contributed by atoms with Gasteiger partial charge in [0.15, 0.2) is 5.82 Å². The van der Waals surface area contributed by atoms with E-state index in [-0.39, 0.29) is 31.1 Å². The molecule has 9 heteroatoms. The van der Waals surface area contributed by atoms with Crippen LogP contribution in [0.3, 0.4) is 0 Å². The van der Waals surface area contributed by atoms with Gasteiger partial charge < -0.3 is 19.9 Å². The fourth-order valence-corrected chi connectivity index (χ4v) is 3.72. The largest absolute Gasteiger partial charge is 0.465 e. The molecule has 1 aliphatic rings. The minimum atomic E-state index is -1.12. The van der Waals surface area contributed by atoms with Crippen LogP contribution in [-0.4, -0.2) is 46.6 Å².